The lowest BCUT2D eigenvalue weighted by atomic mass is 10.1. The molecule has 0 bridgehead atoms. The third kappa shape index (κ3) is 13.3. The van der Waals surface area contributed by atoms with Gasteiger partial charge in [0.1, 0.15) is 0 Å². The first-order chi connectivity index (χ1) is 17.5. The third-order valence-corrected chi connectivity index (χ3v) is 7.47. The summed E-state index contributed by atoms with van der Waals surface area (Å²) in [4.78, 5) is 29.1. The van der Waals surface area contributed by atoms with Crippen LogP contribution in [0.3, 0.4) is 0 Å². The van der Waals surface area contributed by atoms with Crippen LogP contribution in [0.4, 0.5) is 0 Å². The van der Waals surface area contributed by atoms with Gasteiger partial charge in [0.25, 0.3) is 0 Å². The number of carbonyl (C=O) groups excluding carboxylic acids is 2. The van der Waals surface area contributed by atoms with Gasteiger partial charge in [-0.25, -0.2) is 0 Å². The summed E-state index contributed by atoms with van der Waals surface area (Å²) >= 11 is 28.4. The van der Waals surface area contributed by atoms with Gasteiger partial charge in [-0.1, -0.05) is 66.0 Å². The van der Waals surface area contributed by atoms with E-state index >= 15 is 0 Å². The number of rotatable bonds is 4. The van der Waals surface area contributed by atoms with Gasteiger partial charge in [-0.2, -0.15) is 0 Å². The largest absolute Gasteiger partial charge is 0.340 e. The first-order valence-corrected chi connectivity index (χ1v) is 13.9. The predicted molar refractivity (Wildman–Crippen MR) is 162 cm³/mol. The molecular weight excluding hydrogens is 590 g/mol. The van der Waals surface area contributed by atoms with E-state index < -0.39 is 5.24 Å². The van der Waals surface area contributed by atoms with Gasteiger partial charge in [0.05, 0.1) is 26.5 Å². The Morgan fingerprint density at radius 1 is 0.711 bits per heavy atom. The second-order valence-corrected chi connectivity index (χ2v) is 11.0. The van der Waals surface area contributed by atoms with Crippen LogP contribution in [0.5, 0.6) is 0 Å². The maximum absolute atomic E-state index is 12.1. The standard InChI is InChI=1S/C13H16Cl2N2O.C8H5Cl3O.C5H12N2.CH4/c1-16-4-6-17(7-5-16)13(18)9-10-2-3-11(14)12(15)8-10;9-6-2-1-5(3-7(6)10)4-8(11)12;1-7-4-2-6-3-5-7;/h2-3,8H,4-7,9H2,1H3;1-3H,4H2;6H,2-5H2,1H3;1H4. The van der Waals surface area contributed by atoms with E-state index in [1.165, 1.54) is 13.1 Å². The second-order valence-electron chi connectivity index (χ2n) is 8.94. The van der Waals surface area contributed by atoms with Gasteiger partial charge in [-0.05, 0) is 61.1 Å². The van der Waals surface area contributed by atoms with E-state index in [-0.39, 0.29) is 19.8 Å². The fourth-order valence-electron chi connectivity index (χ4n) is 3.58. The molecule has 2 aromatic carbocycles. The Morgan fingerprint density at radius 2 is 1.16 bits per heavy atom. The summed E-state index contributed by atoms with van der Waals surface area (Å²) < 4.78 is 0. The van der Waals surface area contributed by atoms with Crippen molar-refractivity contribution < 1.29 is 9.59 Å². The summed E-state index contributed by atoms with van der Waals surface area (Å²) in [6, 6.07) is 10.3. The Morgan fingerprint density at radius 3 is 1.55 bits per heavy atom. The Balaban J connectivity index is 0.000000311. The highest BCUT2D eigenvalue weighted by molar-refractivity contribution is 6.63. The topological polar surface area (TPSA) is 55.9 Å². The monoisotopic (exact) mass is 624 g/mol. The molecule has 2 aliphatic heterocycles. The van der Waals surface area contributed by atoms with Crippen LogP contribution in [-0.2, 0) is 22.4 Å². The van der Waals surface area contributed by atoms with Gasteiger partial charge in [0, 0.05) is 58.8 Å². The van der Waals surface area contributed by atoms with E-state index in [4.69, 9.17) is 58.0 Å². The Hall–Kier alpha value is -1.09. The van der Waals surface area contributed by atoms with Crippen LogP contribution >= 0.6 is 58.0 Å². The number of carbonyl (C=O) groups is 2. The lowest BCUT2D eigenvalue weighted by Crippen LogP contribution is -2.47. The van der Waals surface area contributed by atoms with Gasteiger partial charge in [-0.3, -0.25) is 9.59 Å². The van der Waals surface area contributed by atoms with Crippen LogP contribution in [0.2, 0.25) is 20.1 Å². The number of piperazine rings is 2. The average molecular weight is 627 g/mol. The number of hydrogen-bond donors (Lipinski definition) is 1. The Bertz CT molecular complexity index is 1030. The number of nitrogens with one attached hydrogen (secondary N) is 1. The highest BCUT2D eigenvalue weighted by Crippen LogP contribution is 2.24. The summed E-state index contributed by atoms with van der Waals surface area (Å²) in [7, 11) is 4.22. The summed E-state index contributed by atoms with van der Waals surface area (Å²) in [5.41, 5.74) is 1.68. The molecule has 1 N–H and O–H groups in total. The minimum atomic E-state index is -0.409. The minimum Gasteiger partial charge on any atom is -0.340 e. The van der Waals surface area contributed by atoms with Gasteiger partial charge in [0.2, 0.25) is 11.1 Å². The quantitative estimate of drug-likeness (QED) is 0.437. The zero-order valence-electron chi connectivity index (χ0n) is 21.1. The Kier molecular flexibility index (Phi) is 16.8. The molecule has 0 aromatic heterocycles. The highest BCUT2D eigenvalue weighted by Gasteiger charge is 2.19. The van der Waals surface area contributed by atoms with Gasteiger partial charge in [0.15, 0.2) is 0 Å². The summed E-state index contributed by atoms with van der Waals surface area (Å²) in [5.74, 6) is 0.154. The van der Waals surface area contributed by atoms with Crippen LogP contribution in [0, 0.1) is 0 Å². The minimum absolute atomic E-state index is 0. The van der Waals surface area contributed by atoms with Crippen molar-refractivity contribution in [2.75, 3.05) is 66.5 Å². The van der Waals surface area contributed by atoms with Crippen molar-refractivity contribution in [2.45, 2.75) is 20.3 Å². The zero-order chi connectivity index (χ0) is 27.4. The number of benzene rings is 2. The molecule has 11 heteroatoms. The molecule has 0 unspecified atom stereocenters. The van der Waals surface area contributed by atoms with Crippen molar-refractivity contribution >= 4 is 69.2 Å². The van der Waals surface area contributed by atoms with Crippen molar-refractivity contribution in [3.8, 4) is 0 Å². The number of likely N-dealkylation sites (N-methyl/N-ethyl adjacent to an activating group) is 2. The molecule has 6 nitrogen and oxygen atoms in total. The molecule has 4 rings (SSSR count). The molecule has 2 heterocycles. The van der Waals surface area contributed by atoms with Crippen molar-refractivity contribution in [1.29, 1.82) is 0 Å². The van der Waals surface area contributed by atoms with E-state index in [1.807, 2.05) is 11.0 Å². The van der Waals surface area contributed by atoms with Crippen LogP contribution in [0.15, 0.2) is 36.4 Å². The lowest BCUT2D eigenvalue weighted by Gasteiger charge is -2.32. The van der Waals surface area contributed by atoms with Crippen LogP contribution in [-0.4, -0.2) is 92.3 Å². The molecule has 212 valence electrons. The molecule has 0 radical (unpaired) electrons. The molecule has 0 aliphatic carbocycles. The first kappa shape index (κ1) is 34.9. The molecule has 0 saturated carbocycles. The van der Waals surface area contributed by atoms with Gasteiger partial charge < -0.3 is 20.0 Å². The van der Waals surface area contributed by atoms with Crippen molar-refractivity contribution in [3.63, 3.8) is 0 Å². The third-order valence-electron chi connectivity index (χ3n) is 5.86. The van der Waals surface area contributed by atoms with Crippen LogP contribution < -0.4 is 5.32 Å². The fourth-order valence-corrected chi connectivity index (χ4v) is 4.37. The van der Waals surface area contributed by atoms with Crippen molar-refractivity contribution in [1.82, 2.24) is 20.0 Å². The van der Waals surface area contributed by atoms with Crippen molar-refractivity contribution in [2.24, 2.45) is 0 Å². The summed E-state index contributed by atoms with van der Waals surface area (Å²) in [6.07, 6.45) is 0.568. The van der Waals surface area contributed by atoms with E-state index in [0.717, 1.165) is 50.4 Å². The number of halogens is 5. The molecule has 0 atom stereocenters. The first-order valence-electron chi connectivity index (χ1n) is 12.0. The number of amides is 1. The molecular formula is C27H37Cl5N4O2. The van der Waals surface area contributed by atoms with E-state index in [0.29, 0.717) is 26.5 Å². The highest BCUT2D eigenvalue weighted by atomic mass is 35.5. The van der Waals surface area contributed by atoms with Crippen LogP contribution in [0.1, 0.15) is 18.6 Å². The molecule has 2 aliphatic rings. The smallest absolute Gasteiger partial charge is 0.227 e. The average Bonchev–Trinajstić information content (AvgIpc) is 2.85. The van der Waals surface area contributed by atoms with Gasteiger partial charge >= 0.3 is 0 Å². The molecule has 2 aromatic rings. The Labute approximate surface area is 252 Å². The second kappa shape index (κ2) is 18.3. The maximum atomic E-state index is 12.1. The number of hydrogen-bond acceptors (Lipinski definition) is 5. The van der Waals surface area contributed by atoms with Crippen molar-refractivity contribution in [3.05, 3.63) is 67.6 Å². The molecule has 0 spiro atoms. The van der Waals surface area contributed by atoms with Crippen LogP contribution in [0.25, 0.3) is 0 Å². The van der Waals surface area contributed by atoms with E-state index in [9.17, 15) is 9.59 Å². The van der Waals surface area contributed by atoms with E-state index in [1.54, 1.807) is 30.3 Å². The van der Waals surface area contributed by atoms with E-state index in [2.05, 4.69) is 29.2 Å². The summed E-state index contributed by atoms with van der Waals surface area (Å²) in [5, 5.41) is 4.80. The molecule has 2 saturated heterocycles. The normalized spacial score (nSPS) is 15.8. The molecule has 1 amide bonds. The molecule has 38 heavy (non-hydrogen) atoms. The number of nitrogens with zero attached hydrogens (tertiary/aromatic N) is 3. The molecule has 2 fully saturated rings. The lowest BCUT2D eigenvalue weighted by molar-refractivity contribution is -0.132. The fraction of sp³-hybridized carbons (Fsp3) is 0.481. The maximum Gasteiger partial charge on any atom is 0.227 e. The predicted octanol–water partition coefficient (Wildman–Crippen LogP) is 5.77. The van der Waals surface area contributed by atoms with Gasteiger partial charge in [-0.15, -0.1) is 0 Å². The summed E-state index contributed by atoms with van der Waals surface area (Å²) in [6.45, 7) is 8.22. The SMILES string of the molecule is C.CN1CCN(C(=O)Cc2ccc(Cl)c(Cl)c2)CC1.CN1CCNCC1.O=C(Cl)Cc1ccc(Cl)c(Cl)c1. The zero-order valence-corrected chi connectivity index (χ0v) is 24.9.